The third-order valence-electron chi connectivity index (χ3n) is 12.1. The van der Waals surface area contributed by atoms with E-state index in [-0.39, 0.29) is 106 Å². The molecule has 0 unspecified atom stereocenters. The highest BCUT2D eigenvalue weighted by atomic mass is 35.5. The van der Waals surface area contributed by atoms with Crippen LogP contribution >= 0.6 is 35.6 Å². The molecule has 4 heterocycles. The molecule has 0 spiro atoms. The Morgan fingerprint density at radius 1 is 0.629 bits per heavy atom. The van der Waals surface area contributed by atoms with E-state index >= 15 is 0 Å². The third-order valence-corrected chi connectivity index (χ3v) is 12.7. The lowest BCUT2D eigenvalue weighted by Crippen LogP contribution is -2.39. The maximum absolute atomic E-state index is 14.8. The van der Waals surface area contributed by atoms with E-state index in [2.05, 4.69) is 26.6 Å². The molecule has 4 aliphatic rings. The zero-order valence-corrected chi connectivity index (χ0v) is 40.1. The predicted molar refractivity (Wildman–Crippen MR) is 254 cm³/mol. The van der Waals surface area contributed by atoms with E-state index in [1.807, 2.05) is 0 Å². The van der Waals surface area contributed by atoms with E-state index in [9.17, 15) is 41.5 Å². The zero-order valence-electron chi connectivity index (χ0n) is 37.8. The number of benzene rings is 4. The molecule has 2 atom stereocenters. The van der Waals surface area contributed by atoms with Crippen molar-refractivity contribution < 1.29 is 60.5 Å². The molecule has 376 valence electrons. The number of nitrogens with one attached hydrogen (secondary N) is 5. The van der Waals surface area contributed by atoms with Crippen molar-refractivity contribution in [3.63, 3.8) is 0 Å². The summed E-state index contributed by atoms with van der Waals surface area (Å²) in [7, 11) is 0. The SMILES string of the molecule is CC(=O)N1CCC(COC(=O)N[C@H]2CCOc3c(C(=O)Nc4ccc(F)c(Cl)c4)ccc(F)c32)CC1.Cl.O=C(N[C@H]1CCOc2c(C(=O)Nc3ccc(F)c(Cl)c3)ccc(F)c21)OCC1CCNCC1. The molecular formula is C48H51Cl3F4N6O9. The van der Waals surface area contributed by atoms with Crippen LogP contribution in [0.1, 0.15) is 89.4 Å². The number of halogens is 7. The number of rotatable bonds is 10. The standard InChI is InChI=1S/C25H26ClF2N3O5.C23H24ClF2N3O4.ClH/c1-14(32)31-9-6-15(7-10-31)13-36-25(34)30-21-8-11-35-23-17(3-5-20(28)22(21)23)24(33)29-16-2-4-19(27)18(26)12-16;24-16-11-14(1-3-17(16)25)28-22(30)15-2-4-18(26)20-19(7-10-32-21(15)20)29-23(31)33-12-13-5-8-27-9-6-13;/h2-5,12,15,21H,6-11,13H2,1H3,(H,29,33)(H,30,34);1-4,11,13,19,27H,5-10,12H2,(H,28,30)(H,29,31);1H/t21-;19-;/m00./s1. The molecule has 70 heavy (non-hydrogen) atoms. The van der Waals surface area contributed by atoms with Gasteiger partial charge in [-0.2, -0.15) is 0 Å². The number of carbonyl (C=O) groups is 5. The molecule has 4 aliphatic heterocycles. The average molecular weight is 1040 g/mol. The number of hydrogen-bond acceptors (Lipinski definition) is 10. The van der Waals surface area contributed by atoms with Crippen molar-refractivity contribution in [3.05, 3.63) is 116 Å². The molecule has 0 saturated carbocycles. The number of nitrogens with zero attached hydrogens (tertiary/aromatic N) is 1. The van der Waals surface area contributed by atoms with Crippen molar-refractivity contribution in [2.24, 2.45) is 11.8 Å². The summed E-state index contributed by atoms with van der Waals surface area (Å²) in [5, 5.41) is 13.5. The molecular weight excluding hydrogens is 987 g/mol. The lowest BCUT2D eigenvalue weighted by Gasteiger charge is -2.31. The summed E-state index contributed by atoms with van der Waals surface area (Å²) < 4.78 is 78.3. The van der Waals surface area contributed by atoms with Gasteiger partial charge in [-0.15, -0.1) is 12.4 Å². The molecule has 0 bridgehead atoms. The highest BCUT2D eigenvalue weighted by molar-refractivity contribution is 6.31. The van der Waals surface area contributed by atoms with E-state index in [0.717, 1.165) is 63.0 Å². The van der Waals surface area contributed by atoms with Gasteiger partial charge in [0.15, 0.2) is 0 Å². The number of hydrogen-bond donors (Lipinski definition) is 5. The number of ether oxygens (including phenoxy) is 4. The summed E-state index contributed by atoms with van der Waals surface area (Å²) in [4.78, 5) is 63.8. The Hall–Kier alpha value is -6.02. The largest absolute Gasteiger partial charge is 0.492 e. The van der Waals surface area contributed by atoms with E-state index in [1.54, 1.807) is 4.90 Å². The van der Waals surface area contributed by atoms with E-state index in [0.29, 0.717) is 32.0 Å². The molecule has 15 nitrogen and oxygen atoms in total. The molecule has 5 N–H and O–H groups in total. The monoisotopic (exact) mass is 1040 g/mol. The Labute approximate surface area is 417 Å². The van der Waals surface area contributed by atoms with Gasteiger partial charge in [0, 0.05) is 44.2 Å². The Morgan fingerprint density at radius 3 is 1.46 bits per heavy atom. The van der Waals surface area contributed by atoms with Gasteiger partial charge in [0.05, 0.1) is 70.8 Å². The predicted octanol–water partition coefficient (Wildman–Crippen LogP) is 9.52. The first-order chi connectivity index (χ1) is 33.1. The second-order valence-corrected chi connectivity index (χ2v) is 17.7. The molecule has 8 rings (SSSR count). The summed E-state index contributed by atoms with van der Waals surface area (Å²) >= 11 is 11.5. The van der Waals surface area contributed by atoms with Gasteiger partial charge in [0.1, 0.15) is 34.8 Å². The number of amides is 5. The van der Waals surface area contributed by atoms with Gasteiger partial charge in [0.25, 0.3) is 11.8 Å². The molecule has 0 radical (unpaired) electrons. The van der Waals surface area contributed by atoms with Crippen molar-refractivity contribution in [1.82, 2.24) is 20.9 Å². The Kier molecular flexibility index (Phi) is 18.8. The zero-order chi connectivity index (χ0) is 49.2. The second kappa shape index (κ2) is 24.7. The minimum atomic E-state index is -0.756. The highest BCUT2D eigenvalue weighted by Gasteiger charge is 2.33. The van der Waals surface area contributed by atoms with Crippen molar-refractivity contribution in [1.29, 1.82) is 0 Å². The normalized spacial score (nSPS) is 17.6. The van der Waals surface area contributed by atoms with Gasteiger partial charge in [-0.05, 0) is 111 Å². The van der Waals surface area contributed by atoms with Crippen LogP contribution in [-0.4, -0.2) is 87.4 Å². The van der Waals surface area contributed by atoms with Crippen LogP contribution in [0, 0.1) is 35.1 Å². The average Bonchev–Trinajstić information content (AvgIpc) is 3.33. The Balaban J connectivity index is 0.000000227. The van der Waals surface area contributed by atoms with Gasteiger partial charge in [-0.1, -0.05) is 23.2 Å². The third kappa shape index (κ3) is 13.6. The number of alkyl carbamates (subject to hydrolysis) is 2. The number of piperidine rings is 2. The second-order valence-electron chi connectivity index (χ2n) is 16.8. The van der Waals surface area contributed by atoms with Crippen LogP contribution in [0.2, 0.25) is 10.0 Å². The van der Waals surface area contributed by atoms with Gasteiger partial charge in [-0.25, -0.2) is 27.2 Å². The first kappa shape index (κ1) is 53.3. The van der Waals surface area contributed by atoms with Crippen molar-refractivity contribution in [3.8, 4) is 11.5 Å². The van der Waals surface area contributed by atoms with Crippen LogP contribution in [0.15, 0.2) is 60.7 Å². The summed E-state index contributed by atoms with van der Waals surface area (Å²) in [5.41, 5.74) is 0.817. The molecule has 5 amide bonds. The minimum Gasteiger partial charge on any atom is -0.492 e. The van der Waals surface area contributed by atoms with Gasteiger partial charge in [-0.3, -0.25) is 14.4 Å². The molecule has 2 fully saturated rings. The number of likely N-dealkylation sites (tertiary alicyclic amines) is 1. The van der Waals surface area contributed by atoms with Gasteiger partial charge < -0.3 is 50.4 Å². The lowest BCUT2D eigenvalue weighted by molar-refractivity contribution is -0.130. The van der Waals surface area contributed by atoms with E-state index < -0.39 is 59.4 Å². The summed E-state index contributed by atoms with van der Waals surface area (Å²) in [6, 6.07) is 10.9. The van der Waals surface area contributed by atoms with Crippen LogP contribution in [0.25, 0.3) is 0 Å². The van der Waals surface area contributed by atoms with Crippen molar-refractivity contribution in [2.45, 2.75) is 57.5 Å². The summed E-state index contributed by atoms with van der Waals surface area (Å²) in [6.07, 6.45) is 2.61. The first-order valence-corrected chi connectivity index (χ1v) is 23.2. The molecule has 4 aromatic carbocycles. The van der Waals surface area contributed by atoms with Crippen LogP contribution in [0.4, 0.5) is 38.5 Å². The molecule has 0 aliphatic carbocycles. The van der Waals surface area contributed by atoms with Gasteiger partial charge >= 0.3 is 12.2 Å². The van der Waals surface area contributed by atoms with Crippen LogP contribution in [0.5, 0.6) is 11.5 Å². The molecule has 2 saturated heterocycles. The number of fused-ring (bicyclic) bond motifs is 2. The fraction of sp³-hybridized carbons (Fsp3) is 0.396. The fourth-order valence-electron chi connectivity index (χ4n) is 8.37. The Morgan fingerprint density at radius 2 is 1.04 bits per heavy atom. The van der Waals surface area contributed by atoms with Crippen molar-refractivity contribution >= 4 is 76.9 Å². The van der Waals surface area contributed by atoms with Crippen molar-refractivity contribution in [2.75, 3.05) is 63.2 Å². The highest BCUT2D eigenvalue weighted by Crippen LogP contribution is 2.39. The van der Waals surface area contributed by atoms with E-state index in [4.69, 9.17) is 42.1 Å². The summed E-state index contributed by atoms with van der Waals surface area (Å²) in [6.45, 7) is 5.38. The molecule has 22 heteroatoms. The van der Waals surface area contributed by atoms with Crippen LogP contribution in [0.3, 0.4) is 0 Å². The van der Waals surface area contributed by atoms with Crippen LogP contribution < -0.4 is 36.1 Å². The van der Waals surface area contributed by atoms with Gasteiger partial charge in [0.2, 0.25) is 5.91 Å². The minimum absolute atomic E-state index is 0. The fourth-order valence-corrected chi connectivity index (χ4v) is 8.73. The summed E-state index contributed by atoms with van der Waals surface area (Å²) in [5.74, 6) is -3.12. The topological polar surface area (TPSA) is 186 Å². The van der Waals surface area contributed by atoms with Crippen LogP contribution in [-0.2, 0) is 14.3 Å². The lowest BCUT2D eigenvalue weighted by atomic mass is 9.96. The Bertz CT molecular complexity index is 2570. The first-order valence-electron chi connectivity index (χ1n) is 22.4. The number of carbonyl (C=O) groups excluding carboxylic acids is 5. The maximum atomic E-state index is 14.8. The quantitative estimate of drug-likeness (QED) is 0.0959. The smallest absolute Gasteiger partial charge is 0.407 e. The number of anilines is 2. The maximum Gasteiger partial charge on any atom is 0.407 e. The van der Waals surface area contributed by atoms with E-state index in [1.165, 1.54) is 43.3 Å². The molecule has 0 aromatic heterocycles. The molecule has 4 aromatic rings.